The second-order valence-corrected chi connectivity index (χ2v) is 4.54. The van der Waals surface area contributed by atoms with Gasteiger partial charge in [-0.05, 0) is 18.2 Å². The standard InChI is InChI=1S/C12H10Cl2N4O/c13-8-2-1-3-9(10(8)14)18-12-7(11(16)19)4-6(15)5-17-12/h1-5H,15H2,(H2,16,19)(H,17,18). The number of halogens is 2. The quantitative estimate of drug-likeness (QED) is 0.812. The molecule has 0 saturated carbocycles. The van der Waals surface area contributed by atoms with E-state index >= 15 is 0 Å². The zero-order valence-electron chi connectivity index (χ0n) is 9.65. The Hall–Kier alpha value is -1.98. The van der Waals surface area contributed by atoms with Crippen molar-refractivity contribution in [2.24, 2.45) is 5.73 Å². The van der Waals surface area contributed by atoms with Gasteiger partial charge in [-0.15, -0.1) is 0 Å². The third-order valence-electron chi connectivity index (χ3n) is 2.38. The molecule has 0 aliphatic rings. The summed E-state index contributed by atoms with van der Waals surface area (Å²) in [5, 5.41) is 3.63. The average molecular weight is 297 g/mol. The molecule has 0 aliphatic carbocycles. The minimum absolute atomic E-state index is 0.177. The number of rotatable bonds is 3. The van der Waals surface area contributed by atoms with Crippen LogP contribution in [0.25, 0.3) is 0 Å². The van der Waals surface area contributed by atoms with Crippen molar-refractivity contribution >= 4 is 46.3 Å². The van der Waals surface area contributed by atoms with Gasteiger partial charge in [-0.3, -0.25) is 4.79 Å². The van der Waals surface area contributed by atoms with Gasteiger partial charge in [0.25, 0.3) is 5.91 Å². The van der Waals surface area contributed by atoms with Gasteiger partial charge in [0.2, 0.25) is 0 Å². The number of aromatic nitrogens is 1. The van der Waals surface area contributed by atoms with Crippen LogP contribution in [0.15, 0.2) is 30.5 Å². The van der Waals surface area contributed by atoms with Crippen LogP contribution in [-0.2, 0) is 0 Å². The first kappa shape index (κ1) is 13.5. The summed E-state index contributed by atoms with van der Waals surface area (Å²) in [5.41, 5.74) is 11.9. The van der Waals surface area contributed by atoms with Crippen molar-refractivity contribution in [1.29, 1.82) is 0 Å². The fourth-order valence-electron chi connectivity index (χ4n) is 1.50. The molecule has 0 aliphatic heterocycles. The molecule has 0 atom stereocenters. The Morgan fingerprint density at radius 3 is 2.74 bits per heavy atom. The highest BCUT2D eigenvalue weighted by molar-refractivity contribution is 6.43. The maximum Gasteiger partial charge on any atom is 0.252 e. The third-order valence-corrected chi connectivity index (χ3v) is 3.20. The number of carbonyl (C=O) groups is 1. The Bertz CT molecular complexity index is 646. The molecule has 5 N–H and O–H groups in total. The van der Waals surface area contributed by atoms with Crippen LogP contribution in [0, 0.1) is 0 Å². The minimum Gasteiger partial charge on any atom is -0.397 e. The number of hydrogen-bond donors (Lipinski definition) is 3. The van der Waals surface area contributed by atoms with E-state index < -0.39 is 5.91 Å². The van der Waals surface area contributed by atoms with Crippen LogP contribution in [0.1, 0.15) is 10.4 Å². The smallest absolute Gasteiger partial charge is 0.252 e. The molecule has 1 aromatic heterocycles. The van der Waals surface area contributed by atoms with E-state index in [1.54, 1.807) is 18.2 Å². The van der Waals surface area contributed by atoms with Gasteiger partial charge in [0, 0.05) is 0 Å². The van der Waals surface area contributed by atoms with E-state index in [4.69, 9.17) is 34.7 Å². The van der Waals surface area contributed by atoms with Crippen LogP contribution in [0.4, 0.5) is 17.2 Å². The van der Waals surface area contributed by atoms with E-state index in [0.29, 0.717) is 21.4 Å². The van der Waals surface area contributed by atoms with Crippen molar-refractivity contribution in [2.75, 3.05) is 11.1 Å². The molecule has 7 heteroatoms. The van der Waals surface area contributed by atoms with E-state index in [-0.39, 0.29) is 11.4 Å². The average Bonchev–Trinajstić information content (AvgIpc) is 2.36. The minimum atomic E-state index is -0.638. The lowest BCUT2D eigenvalue weighted by Gasteiger charge is -2.11. The van der Waals surface area contributed by atoms with Gasteiger partial charge in [0.15, 0.2) is 0 Å². The normalized spacial score (nSPS) is 10.2. The Morgan fingerprint density at radius 1 is 1.32 bits per heavy atom. The molecule has 1 heterocycles. The van der Waals surface area contributed by atoms with Gasteiger partial charge >= 0.3 is 0 Å². The Labute approximate surface area is 119 Å². The topological polar surface area (TPSA) is 94.0 Å². The van der Waals surface area contributed by atoms with Gasteiger partial charge in [-0.2, -0.15) is 0 Å². The molecular weight excluding hydrogens is 287 g/mol. The van der Waals surface area contributed by atoms with Crippen molar-refractivity contribution in [3.05, 3.63) is 46.1 Å². The van der Waals surface area contributed by atoms with E-state index in [0.717, 1.165) is 0 Å². The number of benzene rings is 1. The number of nitrogen functional groups attached to an aromatic ring is 1. The number of anilines is 3. The Kier molecular flexibility index (Phi) is 3.78. The third kappa shape index (κ3) is 2.89. The number of primary amides is 1. The van der Waals surface area contributed by atoms with Crippen molar-refractivity contribution in [1.82, 2.24) is 4.98 Å². The number of carbonyl (C=O) groups excluding carboxylic acids is 1. The molecule has 2 aromatic rings. The maximum absolute atomic E-state index is 11.3. The molecule has 1 amide bonds. The van der Waals surface area contributed by atoms with E-state index in [1.165, 1.54) is 12.3 Å². The molecule has 0 unspecified atom stereocenters. The number of nitrogens with zero attached hydrogens (tertiary/aromatic N) is 1. The Balaban J connectivity index is 2.44. The molecule has 0 radical (unpaired) electrons. The molecule has 0 bridgehead atoms. The number of hydrogen-bond acceptors (Lipinski definition) is 4. The number of nitrogens with one attached hydrogen (secondary N) is 1. The SMILES string of the molecule is NC(=O)c1cc(N)cnc1Nc1cccc(Cl)c1Cl. The highest BCUT2D eigenvalue weighted by Gasteiger charge is 2.12. The van der Waals surface area contributed by atoms with E-state index in [1.807, 2.05) is 0 Å². The second-order valence-electron chi connectivity index (χ2n) is 3.76. The van der Waals surface area contributed by atoms with Gasteiger partial charge in [0.1, 0.15) is 5.82 Å². The summed E-state index contributed by atoms with van der Waals surface area (Å²) in [6.07, 6.45) is 1.41. The number of amides is 1. The number of pyridine rings is 1. The van der Waals surface area contributed by atoms with E-state index in [9.17, 15) is 4.79 Å². The van der Waals surface area contributed by atoms with Crippen LogP contribution in [-0.4, -0.2) is 10.9 Å². The predicted octanol–water partition coefficient (Wildman–Crippen LogP) is 2.81. The van der Waals surface area contributed by atoms with Crippen molar-refractivity contribution < 1.29 is 4.79 Å². The number of nitrogens with two attached hydrogens (primary N) is 2. The van der Waals surface area contributed by atoms with Gasteiger partial charge in [0.05, 0.1) is 33.2 Å². The molecule has 0 spiro atoms. The summed E-state index contributed by atoms with van der Waals surface area (Å²) in [6, 6.07) is 6.52. The monoisotopic (exact) mass is 296 g/mol. The lowest BCUT2D eigenvalue weighted by molar-refractivity contribution is 0.100. The first-order valence-electron chi connectivity index (χ1n) is 5.25. The summed E-state index contributed by atoms with van der Waals surface area (Å²) in [5.74, 6) is -0.369. The summed E-state index contributed by atoms with van der Waals surface area (Å²) in [7, 11) is 0. The zero-order valence-corrected chi connectivity index (χ0v) is 11.2. The largest absolute Gasteiger partial charge is 0.397 e. The summed E-state index contributed by atoms with van der Waals surface area (Å²) < 4.78 is 0. The second kappa shape index (κ2) is 5.34. The summed E-state index contributed by atoms with van der Waals surface area (Å²) in [4.78, 5) is 15.4. The molecule has 1 aromatic carbocycles. The molecule has 0 saturated heterocycles. The van der Waals surface area contributed by atoms with E-state index in [2.05, 4.69) is 10.3 Å². The van der Waals surface area contributed by atoms with Crippen LogP contribution in [0.5, 0.6) is 0 Å². The summed E-state index contributed by atoms with van der Waals surface area (Å²) in [6.45, 7) is 0. The van der Waals surface area contributed by atoms with Crippen molar-refractivity contribution in [3.63, 3.8) is 0 Å². The van der Waals surface area contributed by atoms with Crippen LogP contribution < -0.4 is 16.8 Å². The first-order chi connectivity index (χ1) is 8.99. The van der Waals surface area contributed by atoms with Crippen LogP contribution >= 0.6 is 23.2 Å². The molecule has 0 fully saturated rings. The highest BCUT2D eigenvalue weighted by atomic mass is 35.5. The molecule has 19 heavy (non-hydrogen) atoms. The fourth-order valence-corrected chi connectivity index (χ4v) is 1.84. The van der Waals surface area contributed by atoms with Gasteiger partial charge in [-0.1, -0.05) is 29.3 Å². The maximum atomic E-state index is 11.3. The highest BCUT2D eigenvalue weighted by Crippen LogP contribution is 2.32. The zero-order chi connectivity index (χ0) is 14.0. The van der Waals surface area contributed by atoms with Crippen LogP contribution in [0.2, 0.25) is 10.0 Å². The van der Waals surface area contributed by atoms with Crippen molar-refractivity contribution in [2.45, 2.75) is 0 Å². The summed E-state index contributed by atoms with van der Waals surface area (Å²) >= 11 is 11.9. The molecule has 5 nitrogen and oxygen atoms in total. The predicted molar refractivity (Wildman–Crippen MR) is 76.9 cm³/mol. The molecule has 98 valence electrons. The van der Waals surface area contributed by atoms with Gasteiger partial charge in [-0.25, -0.2) is 4.98 Å². The fraction of sp³-hybridized carbons (Fsp3) is 0. The van der Waals surface area contributed by atoms with Crippen LogP contribution in [0.3, 0.4) is 0 Å². The Morgan fingerprint density at radius 2 is 2.05 bits per heavy atom. The van der Waals surface area contributed by atoms with Gasteiger partial charge < -0.3 is 16.8 Å². The van der Waals surface area contributed by atoms with Crippen molar-refractivity contribution in [3.8, 4) is 0 Å². The lowest BCUT2D eigenvalue weighted by Crippen LogP contribution is -2.15. The molecule has 2 rings (SSSR count). The lowest BCUT2D eigenvalue weighted by atomic mass is 10.2. The first-order valence-corrected chi connectivity index (χ1v) is 6.01. The molecular formula is C12H10Cl2N4O.